The van der Waals surface area contributed by atoms with Gasteiger partial charge in [0.25, 0.3) is 0 Å². The third kappa shape index (κ3) is 3.33. The van der Waals surface area contributed by atoms with Crippen molar-refractivity contribution < 1.29 is 0 Å². The highest BCUT2D eigenvalue weighted by Gasteiger charge is 2.29. The van der Waals surface area contributed by atoms with E-state index in [1.54, 1.807) is 0 Å². The zero-order valence-electron chi connectivity index (χ0n) is 12.3. The third-order valence-corrected chi connectivity index (χ3v) is 5.28. The molecule has 0 amide bonds. The highest BCUT2D eigenvalue weighted by atomic mass is 32.1. The van der Waals surface area contributed by atoms with Crippen LogP contribution in [0.5, 0.6) is 0 Å². The van der Waals surface area contributed by atoms with Gasteiger partial charge in [-0.05, 0) is 45.4 Å². The predicted octanol–water partition coefficient (Wildman–Crippen LogP) is 4.38. The van der Waals surface area contributed by atoms with Gasteiger partial charge in [0, 0.05) is 17.0 Å². The molecule has 0 spiro atoms. The number of nitrogens with one attached hydrogen (secondary N) is 1. The van der Waals surface area contributed by atoms with Gasteiger partial charge in [0.1, 0.15) is 0 Å². The Kier molecular flexibility index (Phi) is 4.12. The first-order chi connectivity index (χ1) is 8.37. The number of nitrogens with zero attached hydrogens (tertiary/aromatic N) is 1. The van der Waals surface area contributed by atoms with Gasteiger partial charge in [0.2, 0.25) is 0 Å². The summed E-state index contributed by atoms with van der Waals surface area (Å²) in [5.41, 5.74) is 1.71. The first kappa shape index (κ1) is 14.0. The van der Waals surface area contributed by atoms with Crippen molar-refractivity contribution in [2.45, 2.75) is 72.4 Å². The first-order valence-corrected chi connectivity index (χ1v) is 7.89. The summed E-state index contributed by atoms with van der Waals surface area (Å²) >= 11 is 1.84. The monoisotopic (exact) mass is 266 g/mol. The van der Waals surface area contributed by atoms with Crippen molar-refractivity contribution in [2.75, 3.05) is 0 Å². The number of rotatable bonds is 3. The molecule has 1 N–H and O–H groups in total. The maximum absolute atomic E-state index is 4.53. The van der Waals surface area contributed by atoms with Crippen LogP contribution in [-0.2, 0) is 0 Å². The van der Waals surface area contributed by atoms with Gasteiger partial charge >= 0.3 is 0 Å². The van der Waals surface area contributed by atoms with Crippen molar-refractivity contribution in [3.8, 4) is 0 Å². The normalized spacial score (nSPS) is 25.1. The van der Waals surface area contributed by atoms with E-state index in [9.17, 15) is 0 Å². The fourth-order valence-electron chi connectivity index (χ4n) is 3.22. The third-order valence-electron chi connectivity index (χ3n) is 4.02. The van der Waals surface area contributed by atoms with Crippen molar-refractivity contribution in [2.24, 2.45) is 5.41 Å². The SMILES string of the molecule is Cc1nc(C)c(C(C)NC2CCCC(C)(C)C2)s1. The summed E-state index contributed by atoms with van der Waals surface area (Å²) in [6, 6.07) is 1.11. The van der Waals surface area contributed by atoms with Gasteiger partial charge in [-0.3, -0.25) is 0 Å². The molecule has 0 aromatic carbocycles. The Hall–Kier alpha value is -0.410. The van der Waals surface area contributed by atoms with E-state index in [4.69, 9.17) is 0 Å². The van der Waals surface area contributed by atoms with Crippen molar-refractivity contribution in [3.05, 3.63) is 15.6 Å². The van der Waals surface area contributed by atoms with Crippen molar-refractivity contribution in [1.29, 1.82) is 0 Å². The van der Waals surface area contributed by atoms with Crippen LogP contribution < -0.4 is 5.32 Å². The number of aromatic nitrogens is 1. The maximum atomic E-state index is 4.53. The van der Waals surface area contributed by atoms with Crippen molar-refractivity contribution >= 4 is 11.3 Å². The van der Waals surface area contributed by atoms with E-state index in [1.807, 2.05) is 11.3 Å². The lowest BCUT2D eigenvalue weighted by Gasteiger charge is -2.37. The van der Waals surface area contributed by atoms with Crippen LogP contribution in [0.25, 0.3) is 0 Å². The van der Waals surface area contributed by atoms with Crippen LogP contribution in [-0.4, -0.2) is 11.0 Å². The number of thiazole rings is 1. The zero-order valence-corrected chi connectivity index (χ0v) is 13.2. The van der Waals surface area contributed by atoms with Gasteiger partial charge in [-0.15, -0.1) is 11.3 Å². The Morgan fingerprint density at radius 2 is 2.11 bits per heavy atom. The van der Waals surface area contributed by atoms with E-state index >= 15 is 0 Å². The smallest absolute Gasteiger partial charge is 0.0900 e. The van der Waals surface area contributed by atoms with E-state index in [-0.39, 0.29) is 0 Å². The van der Waals surface area contributed by atoms with Crippen LogP contribution in [0, 0.1) is 19.3 Å². The lowest BCUT2D eigenvalue weighted by atomic mass is 9.75. The van der Waals surface area contributed by atoms with Crippen LogP contribution in [0.2, 0.25) is 0 Å². The van der Waals surface area contributed by atoms with Crippen LogP contribution in [0.4, 0.5) is 0 Å². The van der Waals surface area contributed by atoms with Gasteiger partial charge in [-0.2, -0.15) is 0 Å². The van der Waals surface area contributed by atoms with Gasteiger partial charge < -0.3 is 5.32 Å². The summed E-state index contributed by atoms with van der Waals surface area (Å²) in [7, 11) is 0. The second-order valence-electron chi connectivity index (χ2n) is 6.53. The molecule has 0 aliphatic heterocycles. The Morgan fingerprint density at radius 3 is 2.67 bits per heavy atom. The maximum Gasteiger partial charge on any atom is 0.0900 e. The number of aryl methyl sites for hydroxylation is 2. The molecule has 0 radical (unpaired) electrons. The number of hydrogen-bond acceptors (Lipinski definition) is 3. The van der Waals surface area contributed by atoms with Crippen LogP contribution in [0.3, 0.4) is 0 Å². The molecule has 1 fully saturated rings. The van der Waals surface area contributed by atoms with E-state index in [0.717, 1.165) is 0 Å². The second-order valence-corrected chi connectivity index (χ2v) is 7.76. The average molecular weight is 266 g/mol. The Labute approximate surface area is 115 Å². The standard InChI is InChI=1S/C15H26N2S/c1-10-14(18-12(3)16-10)11(2)17-13-7-6-8-15(4,5)9-13/h11,13,17H,6-9H2,1-5H3. The van der Waals surface area contributed by atoms with E-state index in [0.29, 0.717) is 17.5 Å². The van der Waals surface area contributed by atoms with Crippen molar-refractivity contribution in [1.82, 2.24) is 10.3 Å². The van der Waals surface area contributed by atoms with E-state index < -0.39 is 0 Å². The molecule has 0 saturated heterocycles. The highest BCUT2D eigenvalue weighted by molar-refractivity contribution is 7.11. The highest BCUT2D eigenvalue weighted by Crippen LogP contribution is 2.36. The summed E-state index contributed by atoms with van der Waals surface area (Å²) in [4.78, 5) is 5.95. The molecule has 2 atom stereocenters. The van der Waals surface area contributed by atoms with Crippen LogP contribution in [0.1, 0.15) is 68.1 Å². The van der Waals surface area contributed by atoms with Crippen LogP contribution >= 0.6 is 11.3 Å². The molecular weight excluding hydrogens is 240 g/mol. The minimum atomic E-state index is 0.440. The zero-order chi connectivity index (χ0) is 13.3. The fourth-order valence-corrected chi connectivity index (χ4v) is 4.16. The molecule has 1 heterocycles. The molecule has 2 unspecified atom stereocenters. The quantitative estimate of drug-likeness (QED) is 0.878. The van der Waals surface area contributed by atoms with Gasteiger partial charge in [-0.1, -0.05) is 20.3 Å². The first-order valence-electron chi connectivity index (χ1n) is 7.07. The van der Waals surface area contributed by atoms with Crippen molar-refractivity contribution in [3.63, 3.8) is 0 Å². The minimum Gasteiger partial charge on any atom is -0.307 e. The summed E-state index contributed by atoms with van der Waals surface area (Å²) in [5.74, 6) is 0. The average Bonchev–Trinajstić information content (AvgIpc) is 2.56. The predicted molar refractivity (Wildman–Crippen MR) is 79.2 cm³/mol. The Bertz CT molecular complexity index is 409. The minimum absolute atomic E-state index is 0.440. The van der Waals surface area contributed by atoms with E-state index in [1.165, 1.54) is 41.3 Å². The summed E-state index contributed by atoms with van der Waals surface area (Å²) in [6.07, 6.45) is 5.36. The summed E-state index contributed by atoms with van der Waals surface area (Å²) in [5, 5.41) is 5.00. The molecule has 1 aromatic rings. The Morgan fingerprint density at radius 1 is 1.39 bits per heavy atom. The Balaban J connectivity index is 1.99. The number of hydrogen-bond donors (Lipinski definition) is 1. The molecule has 1 aliphatic rings. The lowest BCUT2D eigenvalue weighted by Crippen LogP contribution is -2.38. The molecule has 3 heteroatoms. The second kappa shape index (κ2) is 5.30. The summed E-state index contributed by atoms with van der Waals surface area (Å²) in [6.45, 7) is 11.3. The molecule has 0 bridgehead atoms. The summed E-state index contributed by atoms with van der Waals surface area (Å²) < 4.78 is 0. The lowest BCUT2D eigenvalue weighted by molar-refractivity contribution is 0.191. The molecule has 2 rings (SSSR count). The molecule has 2 nitrogen and oxygen atoms in total. The topological polar surface area (TPSA) is 24.9 Å². The molecule has 1 aliphatic carbocycles. The van der Waals surface area contributed by atoms with Crippen LogP contribution in [0.15, 0.2) is 0 Å². The van der Waals surface area contributed by atoms with E-state index in [2.05, 4.69) is 44.9 Å². The molecule has 102 valence electrons. The molecule has 1 saturated carbocycles. The van der Waals surface area contributed by atoms with Gasteiger partial charge in [-0.25, -0.2) is 4.98 Å². The molecule has 18 heavy (non-hydrogen) atoms. The van der Waals surface area contributed by atoms with Gasteiger partial charge in [0.15, 0.2) is 0 Å². The van der Waals surface area contributed by atoms with Gasteiger partial charge in [0.05, 0.1) is 10.7 Å². The fraction of sp³-hybridized carbons (Fsp3) is 0.800. The molecule has 1 aromatic heterocycles. The molecular formula is C15H26N2S. The largest absolute Gasteiger partial charge is 0.307 e.